The molecular weight excluding hydrogens is 905 g/mol. The summed E-state index contributed by atoms with van der Waals surface area (Å²) >= 11 is 0. The molecule has 74 heavy (non-hydrogen) atoms. The molecule has 0 unspecified atom stereocenters. The number of nitriles is 3. The van der Waals surface area contributed by atoms with Gasteiger partial charge in [-0.25, -0.2) is 15.0 Å². The fraction of sp³-hybridized carbons (Fsp3) is 0. The van der Waals surface area contributed by atoms with E-state index in [1.165, 1.54) is 0 Å². The number of benzene rings is 10. The van der Waals surface area contributed by atoms with Gasteiger partial charge in [0.25, 0.3) is 0 Å². The van der Waals surface area contributed by atoms with Crippen molar-refractivity contribution in [3.63, 3.8) is 0 Å². The van der Waals surface area contributed by atoms with Crippen molar-refractivity contribution >= 4 is 43.6 Å². The van der Waals surface area contributed by atoms with Crippen molar-refractivity contribution in [2.45, 2.75) is 0 Å². The molecule has 0 aliphatic carbocycles. The molecule has 0 aliphatic heterocycles. The lowest BCUT2D eigenvalue weighted by Gasteiger charge is -2.16. The van der Waals surface area contributed by atoms with Gasteiger partial charge in [0.05, 0.1) is 57.0 Å². The molecule has 8 heteroatoms. The van der Waals surface area contributed by atoms with E-state index in [2.05, 4.69) is 167 Å². The molecule has 10 aromatic carbocycles. The molecule has 3 aromatic heterocycles. The maximum Gasteiger partial charge on any atom is 0.164 e. The standard InChI is InChI=1S/C66H38N8/c67-39-42-26-28-45(29-27-42)48-16-11-17-49(32-48)64-70-65(52-33-50(46-14-9-12-43(30-46)40-68)35-54(37-52)73-60-22-5-1-18-56(60)57-19-2-6-23-61(57)73)72-66(71-64)53-34-51(47-15-10-13-44(31-47)41-69)36-55(38-53)74-62-24-7-3-20-58(62)59-21-4-8-25-63(59)74/h1-38H. The van der Waals surface area contributed by atoms with E-state index in [4.69, 9.17) is 15.0 Å². The van der Waals surface area contributed by atoms with Crippen LogP contribution in [-0.2, 0) is 0 Å². The smallest absolute Gasteiger partial charge is 0.164 e. The van der Waals surface area contributed by atoms with Gasteiger partial charge in [-0.2, -0.15) is 15.8 Å². The Kier molecular flexibility index (Phi) is 10.5. The van der Waals surface area contributed by atoms with Crippen LogP contribution in [0.4, 0.5) is 0 Å². The Balaban J connectivity index is 1.09. The van der Waals surface area contributed by atoms with Crippen molar-refractivity contribution in [3.8, 4) is 97.1 Å². The number of nitrogens with zero attached hydrogens (tertiary/aromatic N) is 8. The quantitative estimate of drug-likeness (QED) is 0.150. The Morgan fingerprint density at radius 3 is 1.01 bits per heavy atom. The highest BCUT2D eigenvalue weighted by Crippen LogP contribution is 2.39. The Hall–Kier alpha value is -10.7. The van der Waals surface area contributed by atoms with Gasteiger partial charge in [0, 0.05) is 49.6 Å². The molecule has 3 heterocycles. The van der Waals surface area contributed by atoms with Crippen molar-refractivity contribution in [1.82, 2.24) is 24.1 Å². The van der Waals surface area contributed by atoms with Crippen LogP contribution >= 0.6 is 0 Å². The summed E-state index contributed by atoms with van der Waals surface area (Å²) in [5, 5.41) is 34.2. The van der Waals surface area contributed by atoms with Gasteiger partial charge in [-0.3, -0.25) is 0 Å². The first kappa shape index (κ1) is 43.3. The summed E-state index contributed by atoms with van der Waals surface area (Å²) in [5.74, 6) is 1.36. The first-order valence-electron chi connectivity index (χ1n) is 24.2. The maximum absolute atomic E-state index is 10.1. The van der Waals surface area contributed by atoms with Gasteiger partial charge < -0.3 is 9.13 Å². The number of rotatable bonds is 8. The Bertz CT molecular complexity index is 4190. The molecule has 0 amide bonds. The SMILES string of the molecule is N#Cc1ccc(-c2cccc(-c3nc(-c4cc(-c5cccc(C#N)c5)cc(-n5c6ccccc6c6ccccc65)c4)nc(-c4cc(-c5cccc(C#N)c5)cc(-n5c6ccccc6c6ccccc65)c4)n3)c2)cc1. The fourth-order valence-electron chi connectivity index (χ4n) is 10.3. The maximum atomic E-state index is 10.1. The van der Waals surface area contributed by atoms with Crippen molar-refractivity contribution in [2.75, 3.05) is 0 Å². The van der Waals surface area contributed by atoms with Crippen LogP contribution in [0.3, 0.4) is 0 Å². The molecule has 13 aromatic rings. The van der Waals surface area contributed by atoms with Gasteiger partial charge >= 0.3 is 0 Å². The van der Waals surface area contributed by atoms with E-state index in [1.54, 1.807) is 0 Å². The van der Waals surface area contributed by atoms with Crippen molar-refractivity contribution < 1.29 is 0 Å². The summed E-state index contributed by atoms with van der Waals surface area (Å²) in [6, 6.07) is 84.4. The van der Waals surface area contributed by atoms with Crippen LogP contribution in [0.5, 0.6) is 0 Å². The summed E-state index contributed by atoms with van der Waals surface area (Å²) in [7, 11) is 0. The van der Waals surface area contributed by atoms with Crippen molar-refractivity contribution in [2.24, 2.45) is 0 Å². The zero-order chi connectivity index (χ0) is 49.7. The second kappa shape index (κ2) is 17.9. The van der Waals surface area contributed by atoms with Crippen LogP contribution in [0.15, 0.2) is 231 Å². The number of aromatic nitrogens is 5. The lowest BCUT2D eigenvalue weighted by Crippen LogP contribution is -2.03. The van der Waals surface area contributed by atoms with Crippen LogP contribution < -0.4 is 0 Å². The van der Waals surface area contributed by atoms with Crippen LogP contribution in [0.2, 0.25) is 0 Å². The molecule has 8 nitrogen and oxygen atoms in total. The molecule has 0 saturated carbocycles. The van der Waals surface area contributed by atoms with Crippen LogP contribution in [0.1, 0.15) is 16.7 Å². The Labute approximate surface area is 425 Å². The Morgan fingerprint density at radius 1 is 0.257 bits per heavy atom. The third kappa shape index (κ3) is 7.59. The largest absolute Gasteiger partial charge is 0.309 e. The van der Waals surface area contributed by atoms with Gasteiger partial charge in [0.1, 0.15) is 0 Å². The third-order valence-corrected chi connectivity index (χ3v) is 13.8. The van der Waals surface area contributed by atoms with Crippen LogP contribution in [0.25, 0.3) is 123 Å². The van der Waals surface area contributed by atoms with E-state index in [0.29, 0.717) is 34.2 Å². The summed E-state index contributed by atoms with van der Waals surface area (Å²) in [6.07, 6.45) is 0. The molecule has 0 atom stereocenters. The molecule has 0 aliphatic rings. The van der Waals surface area contributed by atoms with E-state index >= 15 is 0 Å². The second-order valence-electron chi connectivity index (χ2n) is 18.2. The fourth-order valence-corrected chi connectivity index (χ4v) is 10.3. The molecule has 342 valence electrons. The molecule has 0 saturated heterocycles. The van der Waals surface area contributed by atoms with Gasteiger partial charge in [-0.05, 0) is 137 Å². The van der Waals surface area contributed by atoms with E-state index in [0.717, 1.165) is 105 Å². The number of fused-ring (bicyclic) bond motifs is 6. The highest BCUT2D eigenvalue weighted by molar-refractivity contribution is 6.10. The van der Waals surface area contributed by atoms with Gasteiger partial charge in [-0.1, -0.05) is 127 Å². The van der Waals surface area contributed by atoms with Crippen LogP contribution in [-0.4, -0.2) is 24.1 Å². The predicted molar refractivity (Wildman–Crippen MR) is 295 cm³/mol. The summed E-state index contributed by atoms with van der Waals surface area (Å²) < 4.78 is 4.57. The third-order valence-electron chi connectivity index (χ3n) is 13.8. The van der Waals surface area contributed by atoms with Crippen molar-refractivity contribution in [1.29, 1.82) is 15.8 Å². The highest BCUT2D eigenvalue weighted by atomic mass is 15.0. The zero-order valence-electron chi connectivity index (χ0n) is 39.5. The van der Waals surface area contributed by atoms with Gasteiger partial charge in [-0.15, -0.1) is 0 Å². The molecule has 0 bridgehead atoms. The van der Waals surface area contributed by atoms with Crippen LogP contribution in [0, 0.1) is 34.0 Å². The topological polar surface area (TPSA) is 120 Å². The molecule has 0 fully saturated rings. The summed E-state index contributed by atoms with van der Waals surface area (Å²) in [6.45, 7) is 0. The molecule has 0 radical (unpaired) electrons. The average Bonchev–Trinajstić information content (AvgIpc) is 4.00. The van der Waals surface area contributed by atoms with Crippen molar-refractivity contribution in [3.05, 3.63) is 247 Å². The lowest BCUT2D eigenvalue weighted by atomic mass is 9.99. The minimum atomic E-state index is 0.448. The monoisotopic (exact) mass is 942 g/mol. The van der Waals surface area contributed by atoms with E-state index in [-0.39, 0.29) is 0 Å². The molecule has 13 rings (SSSR count). The second-order valence-corrected chi connectivity index (χ2v) is 18.2. The Morgan fingerprint density at radius 2 is 0.595 bits per heavy atom. The number of hydrogen-bond donors (Lipinski definition) is 0. The predicted octanol–water partition coefficient (Wildman–Crippen LogP) is 15.7. The number of para-hydroxylation sites is 4. The van der Waals surface area contributed by atoms with Gasteiger partial charge in [0.2, 0.25) is 0 Å². The van der Waals surface area contributed by atoms with E-state index in [9.17, 15) is 15.8 Å². The molecular formula is C66H38N8. The number of hydrogen-bond acceptors (Lipinski definition) is 6. The average molecular weight is 943 g/mol. The lowest BCUT2D eigenvalue weighted by molar-refractivity contribution is 1.07. The first-order chi connectivity index (χ1) is 36.5. The minimum absolute atomic E-state index is 0.448. The van der Waals surface area contributed by atoms with E-state index in [1.807, 2.05) is 91.0 Å². The van der Waals surface area contributed by atoms with E-state index < -0.39 is 0 Å². The molecule has 0 spiro atoms. The highest BCUT2D eigenvalue weighted by Gasteiger charge is 2.21. The molecule has 0 N–H and O–H groups in total. The first-order valence-corrected chi connectivity index (χ1v) is 24.2. The summed E-state index contributed by atoms with van der Waals surface area (Å²) in [4.78, 5) is 16.2. The zero-order valence-corrected chi connectivity index (χ0v) is 39.5. The summed E-state index contributed by atoms with van der Waals surface area (Å²) in [5.41, 5.74) is 15.4. The minimum Gasteiger partial charge on any atom is -0.309 e. The van der Waals surface area contributed by atoms with Gasteiger partial charge in [0.15, 0.2) is 17.5 Å². The normalized spacial score (nSPS) is 11.2.